The summed E-state index contributed by atoms with van der Waals surface area (Å²) in [7, 11) is 1.63. The van der Waals surface area contributed by atoms with Crippen LogP contribution in [0.25, 0.3) is 0 Å². The smallest absolute Gasteiger partial charge is 0.251 e. The van der Waals surface area contributed by atoms with Crippen molar-refractivity contribution in [2.75, 3.05) is 50.7 Å². The zero-order valence-corrected chi connectivity index (χ0v) is 19.8. The van der Waals surface area contributed by atoms with Gasteiger partial charge in [0, 0.05) is 31.5 Å². The van der Waals surface area contributed by atoms with E-state index in [0.29, 0.717) is 43.4 Å². The zero-order valence-electron chi connectivity index (χ0n) is 19.8. The molecule has 0 fully saturated rings. The summed E-state index contributed by atoms with van der Waals surface area (Å²) in [5.41, 5.74) is 1.87. The molecule has 8 heteroatoms. The maximum Gasteiger partial charge on any atom is 0.251 e. The summed E-state index contributed by atoms with van der Waals surface area (Å²) >= 11 is 0. The summed E-state index contributed by atoms with van der Waals surface area (Å²) in [5.74, 6) is 0.982. The van der Waals surface area contributed by atoms with E-state index in [1.807, 2.05) is 42.5 Å². The highest BCUT2D eigenvalue weighted by molar-refractivity contribution is 5.96. The third kappa shape index (κ3) is 9.02. The topological polar surface area (TPSA) is 97.9 Å². The van der Waals surface area contributed by atoms with E-state index in [-0.39, 0.29) is 18.4 Å². The monoisotopic (exact) mass is 477 g/mol. The summed E-state index contributed by atoms with van der Waals surface area (Å²) in [6, 6.07) is 23.7. The first kappa shape index (κ1) is 25.6. The van der Waals surface area contributed by atoms with Crippen molar-refractivity contribution in [1.29, 1.82) is 0 Å². The van der Waals surface area contributed by atoms with E-state index in [1.165, 1.54) is 0 Å². The quantitative estimate of drug-likeness (QED) is 0.304. The van der Waals surface area contributed by atoms with Crippen LogP contribution < -0.4 is 25.4 Å². The molecule has 184 valence electrons. The van der Waals surface area contributed by atoms with Crippen LogP contribution in [0.3, 0.4) is 0 Å². The van der Waals surface area contributed by atoms with Crippen molar-refractivity contribution in [3.8, 4) is 11.5 Å². The highest BCUT2D eigenvalue weighted by Gasteiger charge is 2.09. The molecular formula is C27H31N3O5. The third-order valence-corrected chi connectivity index (χ3v) is 4.92. The number of ether oxygens (including phenoxy) is 3. The average molecular weight is 478 g/mol. The van der Waals surface area contributed by atoms with Crippen molar-refractivity contribution in [3.05, 3.63) is 84.4 Å². The summed E-state index contributed by atoms with van der Waals surface area (Å²) < 4.78 is 16.4. The fraction of sp³-hybridized carbons (Fsp3) is 0.259. The van der Waals surface area contributed by atoms with E-state index in [9.17, 15) is 9.59 Å². The van der Waals surface area contributed by atoms with Gasteiger partial charge in [0.2, 0.25) is 5.91 Å². The number of methoxy groups -OCH3 is 1. The molecular weight excluding hydrogens is 446 g/mol. The van der Waals surface area contributed by atoms with Crippen LogP contribution in [0.15, 0.2) is 78.9 Å². The number of carbonyl (C=O) groups is 2. The molecule has 0 aliphatic heterocycles. The first-order valence-electron chi connectivity index (χ1n) is 11.5. The van der Waals surface area contributed by atoms with Gasteiger partial charge in [-0.25, -0.2) is 0 Å². The molecule has 3 rings (SSSR count). The summed E-state index contributed by atoms with van der Waals surface area (Å²) in [4.78, 5) is 24.6. The van der Waals surface area contributed by atoms with Crippen LogP contribution in [0.4, 0.5) is 11.4 Å². The minimum absolute atomic E-state index is 0.0635. The normalized spacial score (nSPS) is 10.3. The summed E-state index contributed by atoms with van der Waals surface area (Å²) in [6.45, 7) is 1.94. The molecule has 0 unspecified atom stereocenters. The first-order chi connectivity index (χ1) is 17.2. The number of rotatable bonds is 14. The molecule has 0 aromatic heterocycles. The second kappa shape index (κ2) is 14.3. The van der Waals surface area contributed by atoms with Gasteiger partial charge in [-0.2, -0.15) is 0 Å². The molecule has 0 aliphatic rings. The Bertz CT molecular complexity index is 1060. The van der Waals surface area contributed by atoms with Crippen LogP contribution in [0, 0.1) is 0 Å². The molecule has 0 radical (unpaired) electrons. The van der Waals surface area contributed by atoms with Gasteiger partial charge in [0.05, 0.1) is 12.2 Å². The van der Waals surface area contributed by atoms with E-state index in [0.717, 1.165) is 17.9 Å². The van der Waals surface area contributed by atoms with E-state index in [4.69, 9.17) is 14.2 Å². The number of hydrogen-bond acceptors (Lipinski definition) is 6. The Labute approximate surface area is 205 Å². The number of benzene rings is 3. The summed E-state index contributed by atoms with van der Waals surface area (Å²) in [6.07, 6.45) is 0.757. The lowest BCUT2D eigenvalue weighted by Gasteiger charge is -2.13. The zero-order chi connectivity index (χ0) is 24.7. The maximum atomic E-state index is 12.5. The van der Waals surface area contributed by atoms with Gasteiger partial charge < -0.3 is 30.2 Å². The number of anilines is 2. The highest BCUT2D eigenvalue weighted by Crippen LogP contribution is 2.23. The molecule has 0 aliphatic carbocycles. The van der Waals surface area contributed by atoms with Gasteiger partial charge in [-0.05, 0) is 55.0 Å². The molecule has 3 N–H and O–H groups in total. The van der Waals surface area contributed by atoms with Gasteiger partial charge in [0.15, 0.2) is 0 Å². The van der Waals surface area contributed by atoms with Crippen molar-refractivity contribution in [1.82, 2.24) is 5.32 Å². The van der Waals surface area contributed by atoms with E-state index < -0.39 is 0 Å². The van der Waals surface area contributed by atoms with Gasteiger partial charge in [0.25, 0.3) is 5.91 Å². The van der Waals surface area contributed by atoms with Crippen molar-refractivity contribution < 1.29 is 23.8 Å². The number of nitrogens with one attached hydrogen (secondary N) is 3. The molecule has 2 amide bonds. The van der Waals surface area contributed by atoms with E-state index in [1.54, 1.807) is 43.5 Å². The highest BCUT2D eigenvalue weighted by atomic mass is 16.5. The molecule has 0 bridgehead atoms. The van der Waals surface area contributed by atoms with E-state index in [2.05, 4.69) is 16.0 Å². The third-order valence-electron chi connectivity index (χ3n) is 4.92. The molecule has 8 nitrogen and oxygen atoms in total. The number of hydrogen-bond donors (Lipinski definition) is 3. The van der Waals surface area contributed by atoms with Gasteiger partial charge in [-0.15, -0.1) is 0 Å². The largest absolute Gasteiger partial charge is 0.490 e. The Morgan fingerprint density at radius 1 is 0.800 bits per heavy atom. The standard InChI is InChI=1S/C27H31N3O5/c1-33-17-7-16-28-27(32)21-12-14-22(15-13-21)29-20-26(31)30-24-10-5-6-11-25(24)35-19-18-34-23-8-3-2-4-9-23/h2-6,8-15,29H,7,16-20H2,1H3,(H,28,32)(H,30,31). The Hall–Kier alpha value is -4.04. The molecule has 0 saturated heterocycles. The second-order valence-corrected chi connectivity index (χ2v) is 7.59. The van der Waals surface area contributed by atoms with Gasteiger partial charge in [-0.1, -0.05) is 30.3 Å². The SMILES string of the molecule is COCCCNC(=O)c1ccc(NCC(=O)Nc2ccccc2OCCOc2ccccc2)cc1. The van der Waals surface area contributed by atoms with Gasteiger partial charge in [0.1, 0.15) is 24.7 Å². The molecule has 0 spiro atoms. The Balaban J connectivity index is 1.42. The van der Waals surface area contributed by atoms with Crippen molar-refractivity contribution >= 4 is 23.2 Å². The van der Waals surface area contributed by atoms with Gasteiger partial charge in [-0.3, -0.25) is 9.59 Å². The molecule has 0 atom stereocenters. The molecule has 35 heavy (non-hydrogen) atoms. The number of amides is 2. The number of carbonyl (C=O) groups excluding carboxylic acids is 2. The molecule has 0 saturated carbocycles. The van der Waals surface area contributed by atoms with Crippen LogP contribution in [0.2, 0.25) is 0 Å². The lowest BCUT2D eigenvalue weighted by atomic mass is 10.2. The Kier molecular flexibility index (Phi) is 10.4. The van der Waals surface area contributed by atoms with Crippen molar-refractivity contribution in [2.24, 2.45) is 0 Å². The second-order valence-electron chi connectivity index (χ2n) is 7.59. The summed E-state index contributed by atoms with van der Waals surface area (Å²) in [5, 5.41) is 8.76. The lowest BCUT2D eigenvalue weighted by molar-refractivity contribution is -0.114. The Morgan fingerprint density at radius 2 is 1.51 bits per heavy atom. The molecule has 3 aromatic carbocycles. The Morgan fingerprint density at radius 3 is 2.29 bits per heavy atom. The molecule has 3 aromatic rings. The minimum atomic E-state index is -0.221. The van der Waals surface area contributed by atoms with Crippen molar-refractivity contribution in [2.45, 2.75) is 6.42 Å². The first-order valence-corrected chi connectivity index (χ1v) is 11.5. The fourth-order valence-corrected chi connectivity index (χ4v) is 3.16. The van der Waals surface area contributed by atoms with Crippen LogP contribution in [-0.4, -0.2) is 51.8 Å². The lowest BCUT2D eigenvalue weighted by Crippen LogP contribution is -2.25. The predicted octanol–water partition coefficient (Wildman–Crippen LogP) is 3.96. The van der Waals surface area contributed by atoms with Crippen LogP contribution in [-0.2, 0) is 9.53 Å². The van der Waals surface area contributed by atoms with Crippen LogP contribution in [0.1, 0.15) is 16.8 Å². The maximum absolute atomic E-state index is 12.5. The van der Waals surface area contributed by atoms with Crippen LogP contribution in [0.5, 0.6) is 11.5 Å². The van der Waals surface area contributed by atoms with Gasteiger partial charge >= 0.3 is 0 Å². The number of para-hydroxylation sites is 3. The molecule has 0 heterocycles. The fourth-order valence-electron chi connectivity index (χ4n) is 3.16. The predicted molar refractivity (Wildman–Crippen MR) is 136 cm³/mol. The van der Waals surface area contributed by atoms with Crippen LogP contribution >= 0.6 is 0 Å². The average Bonchev–Trinajstić information content (AvgIpc) is 2.89. The van der Waals surface area contributed by atoms with Crippen molar-refractivity contribution in [3.63, 3.8) is 0 Å². The van der Waals surface area contributed by atoms with E-state index >= 15 is 0 Å². The minimum Gasteiger partial charge on any atom is -0.490 e.